The van der Waals surface area contributed by atoms with Gasteiger partial charge in [-0.15, -0.1) is 0 Å². The van der Waals surface area contributed by atoms with E-state index in [-0.39, 0.29) is 5.82 Å². The summed E-state index contributed by atoms with van der Waals surface area (Å²) < 4.78 is 17.6. The van der Waals surface area contributed by atoms with Gasteiger partial charge >= 0.3 is 0 Å². The van der Waals surface area contributed by atoms with Gasteiger partial charge in [-0.2, -0.15) is 0 Å². The van der Waals surface area contributed by atoms with E-state index in [1.807, 2.05) is 19.4 Å². The Bertz CT molecular complexity index is 238. The van der Waals surface area contributed by atoms with Crippen molar-refractivity contribution in [2.45, 2.75) is 6.92 Å². The molecule has 0 saturated carbocycles. The van der Waals surface area contributed by atoms with Crippen LogP contribution < -0.4 is 0 Å². The highest BCUT2D eigenvalue weighted by atomic mass is 19.1. The molecule has 0 saturated heterocycles. The highest BCUT2D eigenvalue weighted by Gasteiger charge is 1.97. The van der Waals surface area contributed by atoms with E-state index in [0.29, 0.717) is 6.61 Å². The van der Waals surface area contributed by atoms with Crippen LogP contribution in [0.15, 0.2) is 18.2 Å². The van der Waals surface area contributed by atoms with Gasteiger partial charge in [0.05, 0.1) is 6.61 Å². The van der Waals surface area contributed by atoms with Gasteiger partial charge in [-0.1, -0.05) is 6.07 Å². The first-order chi connectivity index (χ1) is 5.72. The number of rotatable bonds is 3. The van der Waals surface area contributed by atoms with Crippen LogP contribution in [0.4, 0.5) is 4.39 Å². The zero-order chi connectivity index (χ0) is 8.97. The Kier molecular flexibility index (Phi) is 3.23. The van der Waals surface area contributed by atoms with E-state index in [1.54, 1.807) is 7.11 Å². The summed E-state index contributed by atoms with van der Waals surface area (Å²) in [5.41, 5.74) is 1.80. The van der Waals surface area contributed by atoms with Crippen molar-refractivity contribution < 1.29 is 9.13 Å². The molecule has 1 radical (unpaired) electrons. The van der Waals surface area contributed by atoms with Crippen molar-refractivity contribution in [3.63, 3.8) is 0 Å². The average molecular weight is 167 g/mol. The summed E-state index contributed by atoms with van der Waals surface area (Å²) in [6, 6.07) is 4.91. The number of hydrogen-bond acceptors (Lipinski definition) is 1. The van der Waals surface area contributed by atoms with E-state index in [4.69, 9.17) is 4.74 Å². The van der Waals surface area contributed by atoms with Gasteiger partial charge in [0.25, 0.3) is 0 Å². The molecule has 0 fully saturated rings. The second-order valence-electron chi connectivity index (χ2n) is 2.72. The summed E-state index contributed by atoms with van der Waals surface area (Å²) in [6.07, 6.45) is 1.84. The van der Waals surface area contributed by atoms with Crippen LogP contribution in [-0.4, -0.2) is 13.7 Å². The minimum absolute atomic E-state index is 0.197. The lowest BCUT2D eigenvalue weighted by Gasteiger charge is -2.01. The molecule has 0 spiro atoms. The van der Waals surface area contributed by atoms with Crippen molar-refractivity contribution in [2.24, 2.45) is 0 Å². The zero-order valence-electron chi connectivity index (χ0n) is 7.30. The largest absolute Gasteiger partial charge is 0.384 e. The molecule has 0 aromatic heterocycles. The summed E-state index contributed by atoms with van der Waals surface area (Å²) in [6.45, 7) is 2.39. The van der Waals surface area contributed by atoms with E-state index in [2.05, 4.69) is 0 Å². The lowest BCUT2D eigenvalue weighted by Crippen LogP contribution is -1.92. The zero-order valence-corrected chi connectivity index (χ0v) is 7.30. The van der Waals surface area contributed by atoms with Crippen LogP contribution in [0, 0.1) is 19.2 Å². The van der Waals surface area contributed by atoms with Gasteiger partial charge in [-0.25, -0.2) is 4.39 Å². The van der Waals surface area contributed by atoms with Gasteiger partial charge in [0.1, 0.15) is 5.82 Å². The summed E-state index contributed by atoms with van der Waals surface area (Å²) in [7, 11) is 1.61. The Morgan fingerprint density at radius 2 is 2.17 bits per heavy atom. The molecule has 0 aliphatic carbocycles. The molecule has 65 valence electrons. The molecule has 1 aromatic rings. The van der Waals surface area contributed by atoms with Gasteiger partial charge in [0, 0.05) is 13.5 Å². The van der Waals surface area contributed by atoms with Gasteiger partial charge < -0.3 is 4.74 Å². The lowest BCUT2D eigenvalue weighted by atomic mass is 10.1. The molecular weight excluding hydrogens is 155 g/mol. The molecule has 2 heteroatoms. The molecule has 0 aliphatic heterocycles. The molecule has 1 aromatic carbocycles. The second-order valence-corrected chi connectivity index (χ2v) is 2.72. The van der Waals surface area contributed by atoms with Gasteiger partial charge in [-0.3, -0.25) is 0 Å². The summed E-state index contributed by atoms with van der Waals surface area (Å²) in [5.74, 6) is -0.197. The number of hydrogen-bond donors (Lipinski definition) is 0. The Hall–Kier alpha value is -0.890. The molecule has 1 rings (SSSR count). The van der Waals surface area contributed by atoms with Gasteiger partial charge in [0.15, 0.2) is 0 Å². The Labute approximate surface area is 72.2 Å². The van der Waals surface area contributed by atoms with Crippen LogP contribution >= 0.6 is 0 Å². The van der Waals surface area contributed by atoms with Crippen molar-refractivity contribution in [1.82, 2.24) is 0 Å². The van der Waals surface area contributed by atoms with Crippen molar-refractivity contribution in [3.05, 3.63) is 41.6 Å². The number of ether oxygens (including phenoxy) is 1. The highest BCUT2D eigenvalue weighted by Crippen LogP contribution is 2.09. The van der Waals surface area contributed by atoms with Crippen LogP contribution in [0.5, 0.6) is 0 Å². The maximum absolute atomic E-state index is 12.8. The van der Waals surface area contributed by atoms with Gasteiger partial charge in [-0.05, 0) is 30.2 Å². The molecule has 0 aliphatic rings. The summed E-state index contributed by atoms with van der Waals surface area (Å²) >= 11 is 0. The molecule has 0 atom stereocenters. The predicted octanol–water partition coefficient (Wildman–Crippen LogP) is 2.33. The lowest BCUT2D eigenvalue weighted by molar-refractivity contribution is 0.225. The molecule has 0 amide bonds. The molecule has 0 N–H and O–H groups in total. The molecule has 12 heavy (non-hydrogen) atoms. The number of methoxy groups -OCH3 is 1. The van der Waals surface area contributed by atoms with E-state index in [9.17, 15) is 4.39 Å². The normalized spacial score (nSPS) is 10.2. The third kappa shape index (κ3) is 2.62. The SMILES string of the molecule is COC[CH]c1cc(C)cc(F)c1. The minimum Gasteiger partial charge on any atom is -0.384 e. The first-order valence-electron chi connectivity index (χ1n) is 3.81. The van der Waals surface area contributed by atoms with E-state index in [0.717, 1.165) is 11.1 Å². The standard InChI is InChI=1S/C10H12FO/c1-8-5-9(3-4-12-2)7-10(11)6-8/h3,5-7H,4H2,1-2H3. The van der Waals surface area contributed by atoms with Crippen molar-refractivity contribution >= 4 is 0 Å². The van der Waals surface area contributed by atoms with E-state index < -0.39 is 0 Å². The first-order valence-corrected chi connectivity index (χ1v) is 3.81. The maximum Gasteiger partial charge on any atom is 0.123 e. The quantitative estimate of drug-likeness (QED) is 0.671. The van der Waals surface area contributed by atoms with Crippen molar-refractivity contribution in [2.75, 3.05) is 13.7 Å². The number of benzene rings is 1. The van der Waals surface area contributed by atoms with E-state index in [1.165, 1.54) is 12.1 Å². The molecule has 0 bridgehead atoms. The Morgan fingerprint density at radius 3 is 2.75 bits per heavy atom. The first kappa shape index (κ1) is 9.20. The van der Waals surface area contributed by atoms with Crippen LogP contribution in [0.2, 0.25) is 0 Å². The third-order valence-electron chi connectivity index (χ3n) is 1.55. The maximum atomic E-state index is 12.8. The summed E-state index contributed by atoms with van der Waals surface area (Å²) in [4.78, 5) is 0. The van der Waals surface area contributed by atoms with Crippen molar-refractivity contribution in [1.29, 1.82) is 0 Å². The van der Waals surface area contributed by atoms with Crippen LogP contribution in [-0.2, 0) is 4.74 Å². The van der Waals surface area contributed by atoms with Crippen molar-refractivity contribution in [3.8, 4) is 0 Å². The van der Waals surface area contributed by atoms with Crippen LogP contribution in [0.25, 0.3) is 0 Å². The van der Waals surface area contributed by atoms with E-state index >= 15 is 0 Å². The Balaban J connectivity index is 2.72. The van der Waals surface area contributed by atoms with Crippen LogP contribution in [0.3, 0.4) is 0 Å². The second kappa shape index (κ2) is 4.21. The number of halogens is 1. The fourth-order valence-electron chi connectivity index (χ4n) is 1.06. The van der Waals surface area contributed by atoms with Crippen LogP contribution in [0.1, 0.15) is 11.1 Å². The monoisotopic (exact) mass is 167 g/mol. The highest BCUT2D eigenvalue weighted by molar-refractivity contribution is 5.28. The minimum atomic E-state index is -0.197. The van der Waals surface area contributed by atoms with Gasteiger partial charge in [0.2, 0.25) is 0 Å². The molecular formula is C10H12FO. The summed E-state index contributed by atoms with van der Waals surface area (Å²) in [5, 5.41) is 0. The molecule has 0 heterocycles. The predicted molar refractivity (Wildman–Crippen MR) is 46.4 cm³/mol. The smallest absolute Gasteiger partial charge is 0.123 e. The third-order valence-corrected chi connectivity index (χ3v) is 1.55. The average Bonchev–Trinajstić information content (AvgIpc) is 1.99. The molecule has 1 nitrogen and oxygen atoms in total. The fraction of sp³-hybridized carbons (Fsp3) is 0.300. The fourth-order valence-corrected chi connectivity index (χ4v) is 1.06. The Morgan fingerprint density at radius 1 is 1.42 bits per heavy atom. The molecule has 0 unspecified atom stereocenters. The number of aryl methyl sites for hydroxylation is 1. The topological polar surface area (TPSA) is 9.23 Å².